The number of hydrogen-bond acceptors (Lipinski definition) is 6. The minimum absolute atomic E-state index is 0.175. The van der Waals surface area contributed by atoms with E-state index in [9.17, 15) is 9.59 Å². The lowest BCUT2D eigenvalue weighted by atomic mass is 10.2. The van der Waals surface area contributed by atoms with Gasteiger partial charge in [0.25, 0.3) is 5.91 Å². The number of aryl methyl sites for hydroxylation is 1. The molecule has 3 aromatic heterocycles. The van der Waals surface area contributed by atoms with Crippen LogP contribution >= 0.6 is 0 Å². The molecule has 3 aromatic rings. The van der Waals surface area contributed by atoms with E-state index in [1.165, 1.54) is 17.1 Å². The molecule has 3 rings (SSSR count). The molecule has 0 saturated heterocycles. The zero-order valence-corrected chi connectivity index (χ0v) is 13.2. The number of amides is 2. The van der Waals surface area contributed by atoms with Crippen molar-refractivity contribution in [2.45, 2.75) is 0 Å². The summed E-state index contributed by atoms with van der Waals surface area (Å²) < 4.78 is 6.31. The van der Waals surface area contributed by atoms with Crippen LogP contribution in [0.1, 0.15) is 10.4 Å². The van der Waals surface area contributed by atoms with Crippen LogP contribution in [-0.4, -0.2) is 31.7 Å². The molecule has 0 aliphatic heterocycles. The van der Waals surface area contributed by atoms with E-state index in [4.69, 9.17) is 10.5 Å². The maximum Gasteiger partial charge on any atom is 0.411 e. The highest BCUT2D eigenvalue weighted by Gasteiger charge is 2.16. The molecule has 0 aromatic carbocycles. The number of nitrogens with one attached hydrogen (secondary N) is 1. The summed E-state index contributed by atoms with van der Waals surface area (Å²) in [6.07, 6.45) is 5.14. The number of hydrogen-bond donors (Lipinski definition) is 2. The van der Waals surface area contributed by atoms with Gasteiger partial charge in [-0.2, -0.15) is 5.10 Å². The van der Waals surface area contributed by atoms with Crippen LogP contribution in [0.15, 0.2) is 49.1 Å². The van der Waals surface area contributed by atoms with Gasteiger partial charge in [0.2, 0.25) is 5.88 Å². The molecule has 0 aliphatic carbocycles. The number of ether oxygens (including phenoxy) is 1. The van der Waals surface area contributed by atoms with Crippen LogP contribution in [0.25, 0.3) is 11.3 Å². The minimum atomic E-state index is -0.946. The van der Waals surface area contributed by atoms with E-state index in [-0.39, 0.29) is 11.8 Å². The Balaban J connectivity index is 1.81. The van der Waals surface area contributed by atoms with Gasteiger partial charge < -0.3 is 15.8 Å². The van der Waals surface area contributed by atoms with Crippen molar-refractivity contribution >= 4 is 17.7 Å². The van der Waals surface area contributed by atoms with E-state index >= 15 is 0 Å². The number of pyridine rings is 2. The first-order valence-corrected chi connectivity index (χ1v) is 7.21. The molecule has 9 heteroatoms. The maximum atomic E-state index is 12.2. The van der Waals surface area contributed by atoms with E-state index in [1.807, 2.05) is 0 Å². The zero-order chi connectivity index (χ0) is 17.8. The number of carbonyl (C=O) groups excluding carboxylic acids is 2. The molecule has 2 amide bonds. The Hall–Kier alpha value is -3.75. The zero-order valence-electron chi connectivity index (χ0n) is 13.2. The molecule has 126 valence electrons. The smallest absolute Gasteiger partial charge is 0.391 e. The average Bonchev–Trinajstić information content (AvgIpc) is 2.96. The van der Waals surface area contributed by atoms with Gasteiger partial charge in [0.15, 0.2) is 0 Å². The van der Waals surface area contributed by atoms with Gasteiger partial charge in [0.05, 0.1) is 23.0 Å². The molecule has 0 unspecified atom stereocenters. The highest BCUT2D eigenvalue weighted by molar-refractivity contribution is 6.04. The van der Waals surface area contributed by atoms with E-state index in [0.717, 1.165) is 0 Å². The van der Waals surface area contributed by atoms with Crippen LogP contribution < -0.4 is 15.8 Å². The summed E-state index contributed by atoms with van der Waals surface area (Å²) >= 11 is 0. The Labute approximate surface area is 142 Å². The number of carbonyl (C=O) groups is 2. The molecule has 0 bridgehead atoms. The van der Waals surface area contributed by atoms with Gasteiger partial charge in [-0.15, -0.1) is 0 Å². The third kappa shape index (κ3) is 3.61. The minimum Gasteiger partial charge on any atom is -0.391 e. The van der Waals surface area contributed by atoms with Crippen LogP contribution in [0.3, 0.4) is 0 Å². The molecule has 0 spiro atoms. The van der Waals surface area contributed by atoms with Crippen molar-refractivity contribution in [3.63, 3.8) is 0 Å². The molecule has 0 aliphatic rings. The molecule has 3 N–H and O–H groups in total. The molecular weight excluding hydrogens is 324 g/mol. The van der Waals surface area contributed by atoms with Crippen molar-refractivity contribution in [1.82, 2.24) is 19.7 Å². The van der Waals surface area contributed by atoms with Gasteiger partial charge in [-0.25, -0.2) is 9.48 Å². The van der Waals surface area contributed by atoms with Gasteiger partial charge in [-0.05, 0) is 24.3 Å². The van der Waals surface area contributed by atoms with Crippen LogP contribution in [0.4, 0.5) is 10.5 Å². The number of rotatable bonds is 4. The van der Waals surface area contributed by atoms with Gasteiger partial charge in [-0.1, -0.05) is 0 Å². The lowest BCUT2D eigenvalue weighted by Crippen LogP contribution is -2.18. The molecular formula is C16H14N6O3. The maximum absolute atomic E-state index is 12.2. The highest BCUT2D eigenvalue weighted by atomic mass is 16.6. The van der Waals surface area contributed by atoms with Crippen molar-refractivity contribution in [2.75, 3.05) is 5.32 Å². The van der Waals surface area contributed by atoms with Crippen molar-refractivity contribution in [2.24, 2.45) is 12.8 Å². The SMILES string of the molecule is Cn1ncc(-c2ccc(C(=O)Nc3ccncc3)cn2)c1OC(N)=O. The molecule has 25 heavy (non-hydrogen) atoms. The normalized spacial score (nSPS) is 10.3. The van der Waals surface area contributed by atoms with E-state index < -0.39 is 6.09 Å². The molecule has 0 radical (unpaired) electrons. The first-order valence-electron chi connectivity index (χ1n) is 7.21. The number of primary amides is 1. The van der Waals surface area contributed by atoms with Gasteiger partial charge in [0, 0.05) is 31.3 Å². The quantitative estimate of drug-likeness (QED) is 0.744. The van der Waals surface area contributed by atoms with Gasteiger partial charge in [-0.3, -0.25) is 14.8 Å². The lowest BCUT2D eigenvalue weighted by Gasteiger charge is -2.06. The summed E-state index contributed by atoms with van der Waals surface area (Å²) in [6.45, 7) is 0. The van der Waals surface area contributed by atoms with Crippen LogP contribution in [0.2, 0.25) is 0 Å². The largest absolute Gasteiger partial charge is 0.411 e. The third-order valence-electron chi connectivity index (χ3n) is 3.32. The molecule has 0 fully saturated rings. The van der Waals surface area contributed by atoms with E-state index in [2.05, 4.69) is 20.4 Å². The molecule has 9 nitrogen and oxygen atoms in total. The summed E-state index contributed by atoms with van der Waals surface area (Å²) in [5.41, 5.74) is 7.05. The third-order valence-corrected chi connectivity index (χ3v) is 3.32. The Kier molecular flexibility index (Phi) is 4.38. The Morgan fingerprint density at radius 3 is 2.56 bits per heavy atom. The fourth-order valence-electron chi connectivity index (χ4n) is 2.14. The standard InChI is InChI=1S/C16H14N6O3/c1-22-15(25-16(17)24)12(9-20-22)13-3-2-10(8-19-13)14(23)21-11-4-6-18-7-5-11/h2-9H,1H3,(H2,17,24)(H,18,21,23). The molecule has 0 saturated carbocycles. The first-order chi connectivity index (χ1) is 12.0. The van der Waals surface area contributed by atoms with Crippen molar-refractivity contribution in [3.05, 3.63) is 54.6 Å². The average molecular weight is 338 g/mol. The summed E-state index contributed by atoms with van der Waals surface area (Å²) in [6, 6.07) is 6.61. The lowest BCUT2D eigenvalue weighted by molar-refractivity contribution is 0.102. The molecule has 3 heterocycles. The summed E-state index contributed by atoms with van der Waals surface area (Å²) in [4.78, 5) is 31.3. The monoisotopic (exact) mass is 338 g/mol. The predicted molar refractivity (Wildman–Crippen MR) is 88.8 cm³/mol. The fourth-order valence-corrected chi connectivity index (χ4v) is 2.14. The molecule has 0 atom stereocenters. The van der Waals surface area contributed by atoms with Gasteiger partial charge >= 0.3 is 6.09 Å². The van der Waals surface area contributed by atoms with Crippen LogP contribution in [0.5, 0.6) is 5.88 Å². The Morgan fingerprint density at radius 2 is 1.92 bits per heavy atom. The Bertz CT molecular complexity index is 905. The fraction of sp³-hybridized carbons (Fsp3) is 0.0625. The summed E-state index contributed by atoms with van der Waals surface area (Å²) in [7, 11) is 1.61. The predicted octanol–water partition coefficient (Wildman–Crippen LogP) is 1.59. The second kappa shape index (κ2) is 6.79. The number of aromatic nitrogens is 4. The summed E-state index contributed by atoms with van der Waals surface area (Å²) in [5.74, 6) is -0.126. The van der Waals surface area contributed by atoms with E-state index in [0.29, 0.717) is 22.5 Å². The number of nitrogens with zero attached hydrogens (tertiary/aromatic N) is 4. The van der Waals surface area contributed by atoms with Crippen molar-refractivity contribution < 1.29 is 14.3 Å². The van der Waals surface area contributed by atoms with Gasteiger partial charge in [0.1, 0.15) is 0 Å². The Morgan fingerprint density at radius 1 is 1.16 bits per heavy atom. The highest BCUT2D eigenvalue weighted by Crippen LogP contribution is 2.28. The van der Waals surface area contributed by atoms with Crippen molar-refractivity contribution in [3.8, 4) is 17.1 Å². The number of anilines is 1. The topological polar surface area (TPSA) is 125 Å². The second-order valence-corrected chi connectivity index (χ2v) is 5.03. The van der Waals surface area contributed by atoms with Crippen molar-refractivity contribution in [1.29, 1.82) is 0 Å². The van der Waals surface area contributed by atoms with Crippen LogP contribution in [-0.2, 0) is 7.05 Å². The van der Waals surface area contributed by atoms with Crippen LogP contribution in [0, 0.1) is 0 Å². The second-order valence-electron chi connectivity index (χ2n) is 5.03. The first kappa shape index (κ1) is 16.1. The number of nitrogens with two attached hydrogens (primary N) is 1. The van der Waals surface area contributed by atoms with E-state index in [1.54, 1.807) is 43.7 Å². The summed E-state index contributed by atoms with van der Waals surface area (Å²) in [5, 5.41) is 6.76.